The van der Waals surface area contributed by atoms with E-state index >= 15 is 0 Å². The zero-order valence-corrected chi connectivity index (χ0v) is 19.2. The van der Waals surface area contributed by atoms with Gasteiger partial charge in [0.2, 0.25) is 0 Å². The average Bonchev–Trinajstić information content (AvgIpc) is 3.16. The fourth-order valence-corrected chi connectivity index (χ4v) is 3.65. The molecule has 2 heterocycles. The summed E-state index contributed by atoms with van der Waals surface area (Å²) in [7, 11) is 0. The first kappa shape index (κ1) is 23.2. The molecule has 0 aliphatic rings. The number of benzene rings is 2. The molecule has 174 valence electrons. The molecule has 0 spiro atoms. The molecule has 0 aliphatic carbocycles. The monoisotopic (exact) mass is 466 g/mol. The van der Waals surface area contributed by atoms with Crippen LogP contribution in [0.25, 0.3) is 5.69 Å². The molecule has 0 fully saturated rings. The van der Waals surface area contributed by atoms with Gasteiger partial charge in [0.1, 0.15) is 24.4 Å². The molecule has 0 saturated carbocycles. The molecule has 4 aromatic rings. The molecule has 2 aromatic carbocycles. The van der Waals surface area contributed by atoms with Gasteiger partial charge in [0.15, 0.2) is 0 Å². The third-order valence-corrected chi connectivity index (χ3v) is 5.44. The van der Waals surface area contributed by atoms with Crippen molar-refractivity contribution >= 4 is 17.7 Å². The summed E-state index contributed by atoms with van der Waals surface area (Å²) < 4.78 is 7.99. The minimum Gasteiger partial charge on any atom is -0.489 e. The molecule has 0 atom stereocenters. The summed E-state index contributed by atoms with van der Waals surface area (Å²) in [6.45, 7) is 4.34. The Bertz CT molecular complexity index is 1420. The van der Waals surface area contributed by atoms with E-state index in [1.807, 2.05) is 62.4 Å². The molecule has 1 N–H and O–H groups in total. The molecule has 2 aromatic heterocycles. The van der Waals surface area contributed by atoms with Crippen molar-refractivity contribution in [3.63, 3.8) is 0 Å². The van der Waals surface area contributed by atoms with Crippen LogP contribution in [0.4, 0.5) is 11.5 Å². The lowest BCUT2D eigenvalue weighted by Crippen LogP contribution is -2.01. The fourth-order valence-electron chi connectivity index (χ4n) is 3.65. The predicted octanol–water partition coefficient (Wildman–Crippen LogP) is 5.29. The van der Waals surface area contributed by atoms with Crippen LogP contribution in [0.15, 0.2) is 78.0 Å². The van der Waals surface area contributed by atoms with Gasteiger partial charge in [-0.2, -0.15) is 10.4 Å². The summed E-state index contributed by atoms with van der Waals surface area (Å²) in [5.74, 6) is 1.12. The Morgan fingerprint density at radius 3 is 2.63 bits per heavy atom. The molecule has 4 rings (SSSR count). The van der Waals surface area contributed by atoms with Gasteiger partial charge in [0.25, 0.3) is 5.69 Å². The number of nitriles is 1. The van der Waals surface area contributed by atoms with Gasteiger partial charge in [-0.15, -0.1) is 0 Å². The van der Waals surface area contributed by atoms with Gasteiger partial charge < -0.3 is 9.30 Å². The molecule has 0 bridgehead atoms. The Kier molecular flexibility index (Phi) is 6.83. The molecule has 35 heavy (non-hydrogen) atoms. The lowest BCUT2D eigenvalue weighted by atomic mass is 10.1. The third-order valence-electron chi connectivity index (χ3n) is 5.44. The standard InChI is InChI=1S/C26H22N6O3/c1-18-13-22(15-29-30-26-12-9-24(16-28-26)32(33)34)19(2)31(18)23-7-10-25(11-8-23)35-17-21-6-4-3-5-20(21)14-27/h3-13,15-16H,17H2,1-2H3,(H,28,30)/b29-15-. The molecule has 0 amide bonds. The number of hydrazone groups is 1. The Labute approximate surface area is 202 Å². The number of pyridine rings is 1. The van der Waals surface area contributed by atoms with Crippen molar-refractivity contribution in [1.82, 2.24) is 9.55 Å². The zero-order chi connectivity index (χ0) is 24.8. The van der Waals surface area contributed by atoms with Gasteiger partial charge in [-0.1, -0.05) is 18.2 Å². The smallest absolute Gasteiger partial charge is 0.287 e. The van der Waals surface area contributed by atoms with Gasteiger partial charge in [0, 0.05) is 34.3 Å². The minimum absolute atomic E-state index is 0.0773. The van der Waals surface area contributed by atoms with Crippen molar-refractivity contribution < 1.29 is 9.66 Å². The van der Waals surface area contributed by atoms with Gasteiger partial charge in [-0.3, -0.25) is 15.5 Å². The largest absolute Gasteiger partial charge is 0.489 e. The summed E-state index contributed by atoms with van der Waals surface area (Å²) in [5.41, 5.74) is 8.10. The highest BCUT2D eigenvalue weighted by Crippen LogP contribution is 2.23. The second kappa shape index (κ2) is 10.3. The van der Waals surface area contributed by atoms with Crippen molar-refractivity contribution in [1.29, 1.82) is 5.26 Å². The van der Waals surface area contributed by atoms with Crippen molar-refractivity contribution in [3.05, 3.63) is 111 Å². The molecular formula is C26H22N6O3. The summed E-state index contributed by atoms with van der Waals surface area (Å²) in [6, 6.07) is 22.2. The molecule has 0 radical (unpaired) electrons. The highest BCUT2D eigenvalue weighted by molar-refractivity contribution is 5.82. The highest BCUT2D eigenvalue weighted by atomic mass is 16.6. The third kappa shape index (κ3) is 5.34. The van der Waals surface area contributed by atoms with Crippen LogP contribution in [0.2, 0.25) is 0 Å². The van der Waals surface area contributed by atoms with E-state index < -0.39 is 4.92 Å². The molecule has 9 heteroatoms. The van der Waals surface area contributed by atoms with Crippen LogP contribution >= 0.6 is 0 Å². The van der Waals surface area contributed by atoms with Gasteiger partial charge in [-0.25, -0.2) is 4.98 Å². The molecule has 0 saturated heterocycles. The molecule has 0 aliphatic heterocycles. The van der Waals surface area contributed by atoms with Crippen LogP contribution in [0, 0.1) is 35.3 Å². The first-order chi connectivity index (χ1) is 17.0. The lowest BCUT2D eigenvalue weighted by molar-refractivity contribution is -0.385. The number of aromatic nitrogens is 2. The van der Waals surface area contributed by atoms with E-state index in [9.17, 15) is 15.4 Å². The number of hydrogen-bond acceptors (Lipinski definition) is 7. The normalized spacial score (nSPS) is 10.8. The van der Waals surface area contributed by atoms with Crippen LogP contribution in [0.3, 0.4) is 0 Å². The maximum atomic E-state index is 10.7. The van der Waals surface area contributed by atoms with E-state index in [-0.39, 0.29) is 5.69 Å². The highest BCUT2D eigenvalue weighted by Gasteiger charge is 2.10. The van der Waals surface area contributed by atoms with Gasteiger partial charge >= 0.3 is 0 Å². The summed E-state index contributed by atoms with van der Waals surface area (Å²) in [4.78, 5) is 14.2. The van der Waals surface area contributed by atoms with E-state index in [4.69, 9.17) is 4.74 Å². The Morgan fingerprint density at radius 1 is 1.17 bits per heavy atom. The SMILES string of the molecule is Cc1cc(/C=N\Nc2ccc([N+](=O)[O-])cn2)c(C)n1-c1ccc(OCc2ccccc2C#N)cc1. The van der Waals surface area contributed by atoms with Crippen LogP contribution < -0.4 is 10.2 Å². The summed E-state index contributed by atoms with van der Waals surface area (Å²) >= 11 is 0. The number of aryl methyl sites for hydroxylation is 1. The number of nitro groups is 1. The van der Waals surface area contributed by atoms with Crippen LogP contribution in [-0.4, -0.2) is 20.7 Å². The summed E-state index contributed by atoms with van der Waals surface area (Å²) in [5, 5.41) is 24.2. The van der Waals surface area contributed by atoms with Crippen LogP contribution in [-0.2, 0) is 6.61 Å². The molecule has 9 nitrogen and oxygen atoms in total. The van der Waals surface area contributed by atoms with E-state index in [0.29, 0.717) is 23.7 Å². The first-order valence-corrected chi connectivity index (χ1v) is 10.8. The topological polar surface area (TPSA) is 118 Å². The van der Waals surface area contributed by atoms with E-state index in [2.05, 4.69) is 26.1 Å². The minimum atomic E-state index is -0.499. The lowest BCUT2D eigenvalue weighted by Gasteiger charge is -2.12. The maximum absolute atomic E-state index is 10.7. The van der Waals surface area contributed by atoms with Gasteiger partial charge in [0.05, 0.1) is 22.8 Å². The van der Waals surface area contributed by atoms with E-state index in [1.54, 1.807) is 12.3 Å². The van der Waals surface area contributed by atoms with Crippen LogP contribution in [0.1, 0.15) is 28.1 Å². The number of hydrogen-bond donors (Lipinski definition) is 1. The second-order valence-electron chi connectivity index (χ2n) is 7.74. The Hall–Kier alpha value is -4.97. The quantitative estimate of drug-likeness (QED) is 0.214. The number of anilines is 1. The first-order valence-electron chi connectivity index (χ1n) is 10.8. The molecule has 0 unspecified atom stereocenters. The van der Waals surface area contributed by atoms with Crippen molar-refractivity contribution in [2.45, 2.75) is 20.5 Å². The number of ether oxygens (including phenoxy) is 1. The predicted molar refractivity (Wildman–Crippen MR) is 133 cm³/mol. The zero-order valence-electron chi connectivity index (χ0n) is 19.2. The van der Waals surface area contributed by atoms with E-state index in [0.717, 1.165) is 28.2 Å². The average molecular weight is 467 g/mol. The maximum Gasteiger partial charge on any atom is 0.287 e. The summed E-state index contributed by atoms with van der Waals surface area (Å²) in [6.07, 6.45) is 2.87. The van der Waals surface area contributed by atoms with Crippen molar-refractivity contribution in [2.24, 2.45) is 5.10 Å². The van der Waals surface area contributed by atoms with Crippen molar-refractivity contribution in [3.8, 4) is 17.5 Å². The number of nitrogens with one attached hydrogen (secondary N) is 1. The van der Waals surface area contributed by atoms with Gasteiger partial charge in [-0.05, 0) is 56.3 Å². The number of nitrogens with zero attached hydrogens (tertiary/aromatic N) is 5. The Morgan fingerprint density at radius 2 is 1.94 bits per heavy atom. The molecular weight excluding hydrogens is 444 g/mol. The van der Waals surface area contributed by atoms with Crippen LogP contribution in [0.5, 0.6) is 5.75 Å². The number of rotatable bonds is 8. The van der Waals surface area contributed by atoms with E-state index in [1.165, 1.54) is 18.3 Å². The fraction of sp³-hybridized carbons (Fsp3) is 0.115. The van der Waals surface area contributed by atoms with Crippen molar-refractivity contribution in [2.75, 3.05) is 5.43 Å². The second-order valence-corrected chi connectivity index (χ2v) is 7.74. The Balaban J connectivity index is 1.44.